The minimum atomic E-state index is -3.43. The monoisotopic (exact) mass is 254 g/mol. The third-order valence-corrected chi connectivity index (χ3v) is 4.82. The zero-order valence-electron chi connectivity index (χ0n) is 9.89. The van der Waals surface area contributed by atoms with Gasteiger partial charge in [0.1, 0.15) is 0 Å². The highest BCUT2D eigenvalue weighted by atomic mass is 32.2. The molecule has 0 aliphatic heterocycles. The molecule has 2 rings (SSSR count). The van der Waals surface area contributed by atoms with E-state index in [1.165, 1.54) is 6.07 Å². The van der Waals surface area contributed by atoms with Gasteiger partial charge in [-0.15, -0.1) is 0 Å². The van der Waals surface area contributed by atoms with Crippen molar-refractivity contribution in [3.05, 3.63) is 24.3 Å². The molecule has 0 spiro atoms. The molecule has 2 atom stereocenters. The molecule has 1 aliphatic rings. The first-order chi connectivity index (χ1) is 7.99. The minimum Gasteiger partial charge on any atom is -0.399 e. The molecule has 1 aromatic carbocycles. The molecule has 1 saturated carbocycles. The van der Waals surface area contributed by atoms with Crippen LogP contribution in [0.5, 0.6) is 0 Å². The largest absolute Gasteiger partial charge is 0.399 e. The molecular weight excluding hydrogens is 236 g/mol. The van der Waals surface area contributed by atoms with Gasteiger partial charge in [0, 0.05) is 11.7 Å². The fourth-order valence-corrected chi connectivity index (χ4v) is 3.70. The Bertz CT molecular complexity index is 499. The van der Waals surface area contributed by atoms with Crippen LogP contribution >= 0.6 is 0 Å². The molecule has 1 aromatic rings. The fourth-order valence-electron chi connectivity index (χ4n) is 2.27. The number of hydrogen-bond donors (Lipinski definition) is 2. The van der Waals surface area contributed by atoms with Gasteiger partial charge < -0.3 is 5.73 Å². The maximum atomic E-state index is 12.1. The van der Waals surface area contributed by atoms with Crippen LogP contribution in [-0.4, -0.2) is 14.5 Å². The molecular formula is C12H18N2O2S. The van der Waals surface area contributed by atoms with Gasteiger partial charge in [0.25, 0.3) is 0 Å². The normalized spacial score (nSPS) is 25.0. The molecule has 5 heteroatoms. The van der Waals surface area contributed by atoms with E-state index in [-0.39, 0.29) is 10.9 Å². The highest BCUT2D eigenvalue weighted by molar-refractivity contribution is 7.89. The highest BCUT2D eigenvalue weighted by Crippen LogP contribution is 2.26. The van der Waals surface area contributed by atoms with Crippen molar-refractivity contribution < 1.29 is 8.42 Å². The van der Waals surface area contributed by atoms with Crippen LogP contribution in [0.2, 0.25) is 0 Å². The maximum absolute atomic E-state index is 12.1. The van der Waals surface area contributed by atoms with Crippen LogP contribution in [0.4, 0.5) is 5.69 Å². The van der Waals surface area contributed by atoms with Gasteiger partial charge in [-0.25, -0.2) is 13.1 Å². The van der Waals surface area contributed by atoms with E-state index in [1.807, 2.05) is 0 Å². The molecule has 2 unspecified atom stereocenters. The first-order valence-electron chi connectivity index (χ1n) is 5.87. The summed E-state index contributed by atoms with van der Waals surface area (Å²) >= 11 is 0. The number of nitrogen functional groups attached to an aromatic ring is 1. The van der Waals surface area contributed by atoms with E-state index in [0.717, 1.165) is 19.3 Å². The zero-order chi connectivity index (χ0) is 12.5. The fraction of sp³-hybridized carbons (Fsp3) is 0.500. The molecule has 0 aromatic heterocycles. The Kier molecular flexibility index (Phi) is 3.40. The van der Waals surface area contributed by atoms with E-state index in [2.05, 4.69) is 11.6 Å². The maximum Gasteiger partial charge on any atom is 0.240 e. The Morgan fingerprint density at radius 3 is 2.71 bits per heavy atom. The van der Waals surface area contributed by atoms with Crippen molar-refractivity contribution >= 4 is 15.7 Å². The third-order valence-electron chi connectivity index (χ3n) is 3.34. The second-order valence-electron chi connectivity index (χ2n) is 4.71. The standard InChI is InChI=1S/C12H18N2O2S/c1-9-4-2-7-12(9)14-17(15,16)11-6-3-5-10(13)8-11/h3,5-6,8-9,12,14H,2,4,7,13H2,1H3. The van der Waals surface area contributed by atoms with Crippen molar-refractivity contribution in [1.82, 2.24) is 4.72 Å². The summed E-state index contributed by atoms with van der Waals surface area (Å²) < 4.78 is 27.0. The molecule has 94 valence electrons. The van der Waals surface area contributed by atoms with Gasteiger partial charge >= 0.3 is 0 Å². The van der Waals surface area contributed by atoms with Gasteiger partial charge in [-0.3, -0.25) is 0 Å². The summed E-state index contributed by atoms with van der Waals surface area (Å²) in [6.07, 6.45) is 3.10. The Morgan fingerprint density at radius 2 is 2.12 bits per heavy atom. The van der Waals surface area contributed by atoms with Gasteiger partial charge in [-0.1, -0.05) is 19.4 Å². The highest BCUT2D eigenvalue weighted by Gasteiger charge is 2.28. The predicted molar refractivity (Wildman–Crippen MR) is 68.0 cm³/mol. The number of benzene rings is 1. The smallest absolute Gasteiger partial charge is 0.240 e. The topological polar surface area (TPSA) is 72.2 Å². The number of hydrogen-bond acceptors (Lipinski definition) is 3. The van der Waals surface area contributed by atoms with Crippen LogP contribution in [0.3, 0.4) is 0 Å². The van der Waals surface area contributed by atoms with Crippen molar-refractivity contribution in [2.24, 2.45) is 5.92 Å². The van der Waals surface area contributed by atoms with Crippen molar-refractivity contribution in [2.45, 2.75) is 37.1 Å². The lowest BCUT2D eigenvalue weighted by Gasteiger charge is -2.17. The number of sulfonamides is 1. The Morgan fingerprint density at radius 1 is 1.35 bits per heavy atom. The van der Waals surface area contributed by atoms with E-state index >= 15 is 0 Å². The number of nitrogens with one attached hydrogen (secondary N) is 1. The second-order valence-corrected chi connectivity index (χ2v) is 6.42. The first kappa shape index (κ1) is 12.4. The van der Waals surface area contributed by atoms with Crippen molar-refractivity contribution in [2.75, 3.05) is 5.73 Å². The summed E-state index contributed by atoms with van der Waals surface area (Å²) in [5.74, 6) is 0.408. The summed E-state index contributed by atoms with van der Waals surface area (Å²) in [4.78, 5) is 0.247. The summed E-state index contributed by atoms with van der Waals surface area (Å²) in [7, 11) is -3.43. The minimum absolute atomic E-state index is 0.0569. The van der Waals surface area contributed by atoms with Gasteiger partial charge in [0.15, 0.2) is 0 Å². The van der Waals surface area contributed by atoms with Crippen LogP contribution in [-0.2, 0) is 10.0 Å². The SMILES string of the molecule is CC1CCCC1NS(=O)(=O)c1cccc(N)c1. The van der Waals surface area contributed by atoms with E-state index < -0.39 is 10.0 Å². The van der Waals surface area contributed by atoms with Gasteiger partial charge in [0.2, 0.25) is 10.0 Å². The first-order valence-corrected chi connectivity index (χ1v) is 7.35. The van der Waals surface area contributed by atoms with Gasteiger partial charge in [-0.2, -0.15) is 0 Å². The lowest BCUT2D eigenvalue weighted by atomic mass is 10.1. The van der Waals surface area contributed by atoms with E-state index in [9.17, 15) is 8.42 Å². The van der Waals surface area contributed by atoms with Crippen LogP contribution in [0.15, 0.2) is 29.2 Å². The number of rotatable bonds is 3. The average molecular weight is 254 g/mol. The van der Waals surface area contributed by atoms with E-state index in [0.29, 0.717) is 11.6 Å². The molecule has 0 saturated heterocycles. The predicted octanol–water partition coefficient (Wildman–Crippen LogP) is 1.74. The van der Waals surface area contributed by atoms with Crippen LogP contribution in [0.25, 0.3) is 0 Å². The van der Waals surface area contributed by atoms with Crippen molar-refractivity contribution in [3.8, 4) is 0 Å². The third kappa shape index (κ3) is 2.79. The van der Waals surface area contributed by atoms with Gasteiger partial charge in [-0.05, 0) is 37.0 Å². The molecule has 0 bridgehead atoms. The Balaban J connectivity index is 2.19. The van der Waals surface area contributed by atoms with E-state index in [1.54, 1.807) is 18.2 Å². The zero-order valence-corrected chi connectivity index (χ0v) is 10.7. The molecule has 17 heavy (non-hydrogen) atoms. The number of anilines is 1. The lowest BCUT2D eigenvalue weighted by Crippen LogP contribution is -2.36. The quantitative estimate of drug-likeness (QED) is 0.807. The second kappa shape index (κ2) is 4.66. The van der Waals surface area contributed by atoms with Crippen LogP contribution in [0, 0.1) is 5.92 Å². The summed E-state index contributed by atoms with van der Waals surface area (Å²) in [5.41, 5.74) is 6.06. The molecule has 1 aliphatic carbocycles. The van der Waals surface area contributed by atoms with Crippen molar-refractivity contribution in [3.63, 3.8) is 0 Å². The molecule has 4 nitrogen and oxygen atoms in total. The number of nitrogens with two attached hydrogens (primary N) is 1. The summed E-state index contributed by atoms with van der Waals surface area (Å²) in [6.45, 7) is 2.08. The Labute approximate surface area is 102 Å². The molecule has 3 N–H and O–H groups in total. The van der Waals surface area contributed by atoms with Crippen LogP contribution < -0.4 is 10.5 Å². The van der Waals surface area contributed by atoms with Crippen molar-refractivity contribution in [1.29, 1.82) is 0 Å². The summed E-state index contributed by atoms with van der Waals surface area (Å²) in [5, 5.41) is 0. The molecule has 1 fully saturated rings. The molecule has 0 amide bonds. The van der Waals surface area contributed by atoms with Gasteiger partial charge in [0.05, 0.1) is 4.90 Å². The lowest BCUT2D eigenvalue weighted by molar-refractivity contribution is 0.476. The average Bonchev–Trinajstić information content (AvgIpc) is 2.64. The Hall–Kier alpha value is -1.07. The van der Waals surface area contributed by atoms with Crippen LogP contribution in [0.1, 0.15) is 26.2 Å². The van der Waals surface area contributed by atoms with E-state index in [4.69, 9.17) is 5.73 Å². The molecule has 0 radical (unpaired) electrons. The summed E-state index contributed by atoms with van der Waals surface area (Å²) in [6, 6.07) is 6.45. The molecule has 0 heterocycles.